The zero-order valence-corrected chi connectivity index (χ0v) is 13.5. The molecule has 0 aliphatic carbocycles. The average Bonchev–Trinajstić information content (AvgIpc) is 2.75. The highest BCUT2D eigenvalue weighted by atomic mass is 32.2. The summed E-state index contributed by atoms with van der Waals surface area (Å²) in [7, 11) is 0. The summed E-state index contributed by atoms with van der Waals surface area (Å²) in [6, 6.07) is 1.74. The number of thiophene rings is 1. The SMILES string of the molecule is Cc1nc(SCc2cc(C(=O)O)sc2C)nc(C)c1C. The Bertz CT molecular complexity index is 642. The van der Waals surface area contributed by atoms with Crippen LogP contribution in [0.2, 0.25) is 0 Å². The number of thioether (sulfide) groups is 1. The Morgan fingerprint density at radius 1 is 1.25 bits per heavy atom. The van der Waals surface area contributed by atoms with Crippen LogP contribution in [0, 0.1) is 27.7 Å². The quantitative estimate of drug-likeness (QED) is 0.688. The third-order valence-electron chi connectivity index (χ3n) is 3.20. The Balaban J connectivity index is 2.15. The number of carboxylic acid groups (broad SMARTS) is 1. The van der Waals surface area contributed by atoms with Crippen molar-refractivity contribution in [2.45, 2.75) is 38.6 Å². The summed E-state index contributed by atoms with van der Waals surface area (Å²) in [6.07, 6.45) is 0. The van der Waals surface area contributed by atoms with Crippen molar-refractivity contribution >= 4 is 29.1 Å². The minimum atomic E-state index is -0.868. The first-order chi connectivity index (χ1) is 9.38. The summed E-state index contributed by atoms with van der Waals surface area (Å²) >= 11 is 2.85. The number of hydrogen-bond donors (Lipinski definition) is 1. The van der Waals surface area contributed by atoms with Crippen LogP contribution in [0.5, 0.6) is 0 Å². The summed E-state index contributed by atoms with van der Waals surface area (Å²) in [4.78, 5) is 21.3. The van der Waals surface area contributed by atoms with Crippen molar-refractivity contribution in [1.82, 2.24) is 9.97 Å². The molecule has 2 aromatic heterocycles. The lowest BCUT2D eigenvalue weighted by Crippen LogP contribution is -1.98. The molecule has 0 amide bonds. The topological polar surface area (TPSA) is 63.1 Å². The van der Waals surface area contributed by atoms with Crippen molar-refractivity contribution in [2.75, 3.05) is 0 Å². The van der Waals surface area contributed by atoms with E-state index in [0.717, 1.165) is 32.5 Å². The zero-order valence-electron chi connectivity index (χ0n) is 11.9. The molecule has 0 fully saturated rings. The van der Waals surface area contributed by atoms with E-state index in [2.05, 4.69) is 9.97 Å². The molecule has 0 atom stereocenters. The molecule has 1 N–H and O–H groups in total. The zero-order chi connectivity index (χ0) is 14.9. The largest absolute Gasteiger partial charge is 0.477 e. The second-order valence-electron chi connectivity index (χ2n) is 4.59. The smallest absolute Gasteiger partial charge is 0.345 e. The summed E-state index contributed by atoms with van der Waals surface area (Å²) < 4.78 is 0. The van der Waals surface area contributed by atoms with E-state index in [0.29, 0.717) is 10.6 Å². The maximum absolute atomic E-state index is 10.9. The molecule has 0 aliphatic rings. The van der Waals surface area contributed by atoms with Gasteiger partial charge in [-0.25, -0.2) is 14.8 Å². The third-order valence-corrected chi connectivity index (χ3v) is 5.18. The van der Waals surface area contributed by atoms with Crippen molar-refractivity contribution < 1.29 is 9.90 Å². The first-order valence-electron chi connectivity index (χ1n) is 6.15. The lowest BCUT2D eigenvalue weighted by Gasteiger charge is -2.06. The highest BCUT2D eigenvalue weighted by molar-refractivity contribution is 7.98. The molecule has 0 aromatic carbocycles. The van der Waals surface area contributed by atoms with Gasteiger partial charge in [-0.2, -0.15) is 0 Å². The van der Waals surface area contributed by atoms with Crippen LogP contribution >= 0.6 is 23.1 Å². The fraction of sp³-hybridized carbons (Fsp3) is 0.357. The predicted molar refractivity (Wildman–Crippen MR) is 81.8 cm³/mol. The van der Waals surface area contributed by atoms with Crippen LogP contribution in [0.1, 0.15) is 37.1 Å². The standard InChI is InChI=1S/C14H16N2O2S2/c1-7-8(2)15-14(16-9(7)3)19-6-11-5-12(13(17)18)20-10(11)4/h5H,6H2,1-4H3,(H,17,18). The number of aromatic carboxylic acids is 1. The third kappa shape index (κ3) is 3.19. The van der Waals surface area contributed by atoms with E-state index in [-0.39, 0.29) is 0 Å². The van der Waals surface area contributed by atoms with Gasteiger partial charge in [0.25, 0.3) is 0 Å². The van der Waals surface area contributed by atoms with E-state index in [1.54, 1.807) is 17.8 Å². The van der Waals surface area contributed by atoms with Crippen molar-refractivity contribution in [3.8, 4) is 0 Å². The molecule has 0 spiro atoms. The molecule has 20 heavy (non-hydrogen) atoms. The number of rotatable bonds is 4. The van der Waals surface area contributed by atoms with Crippen LogP contribution in [-0.2, 0) is 5.75 Å². The van der Waals surface area contributed by atoms with E-state index in [1.165, 1.54) is 11.3 Å². The van der Waals surface area contributed by atoms with E-state index in [1.807, 2.05) is 27.7 Å². The Kier molecular flexibility index (Phi) is 4.45. The molecule has 0 bridgehead atoms. The maximum atomic E-state index is 10.9. The predicted octanol–water partition coefficient (Wildman–Crippen LogP) is 3.76. The number of aromatic nitrogens is 2. The van der Waals surface area contributed by atoms with Gasteiger partial charge in [0.2, 0.25) is 0 Å². The molecule has 2 heterocycles. The Morgan fingerprint density at radius 2 is 1.85 bits per heavy atom. The minimum Gasteiger partial charge on any atom is -0.477 e. The molecule has 6 heteroatoms. The first kappa shape index (κ1) is 15.0. The van der Waals surface area contributed by atoms with Crippen molar-refractivity contribution in [3.63, 3.8) is 0 Å². The van der Waals surface area contributed by atoms with E-state index < -0.39 is 5.97 Å². The molecule has 0 saturated heterocycles. The van der Waals surface area contributed by atoms with Crippen LogP contribution in [0.4, 0.5) is 0 Å². The molecule has 0 aliphatic heterocycles. The molecule has 4 nitrogen and oxygen atoms in total. The Hall–Kier alpha value is -1.40. The van der Waals surface area contributed by atoms with Gasteiger partial charge in [-0.05, 0) is 44.9 Å². The van der Waals surface area contributed by atoms with Gasteiger partial charge in [0.05, 0.1) is 0 Å². The first-order valence-corrected chi connectivity index (χ1v) is 7.96. The Morgan fingerprint density at radius 3 is 2.35 bits per heavy atom. The number of aryl methyl sites for hydroxylation is 3. The highest BCUT2D eigenvalue weighted by Crippen LogP contribution is 2.28. The second kappa shape index (κ2) is 5.93. The summed E-state index contributed by atoms with van der Waals surface area (Å²) in [5, 5.41) is 9.73. The molecule has 0 radical (unpaired) electrons. The molecule has 2 aromatic rings. The van der Waals surface area contributed by atoms with Gasteiger partial charge in [-0.3, -0.25) is 0 Å². The summed E-state index contributed by atoms with van der Waals surface area (Å²) in [5.41, 5.74) is 4.15. The monoisotopic (exact) mass is 308 g/mol. The molecular weight excluding hydrogens is 292 g/mol. The second-order valence-corrected chi connectivity index (χ2v) is 6.79. The lowest BCUT2D eigenvalue weighted by atomic mass is 10.2. The Labute approximate surface area is 126 Å². The van der Waals surface area contributed by atoms with Gasteiger partial charge in [-0.1, -0.05) is 11.8 Å². The van der Waals surface area contributed by atoms with Crippen LogP contribution in [-0.4, -0.2) is 21.0 Å². The van der Waals surface area contributed by atoms with Crippen LogP contribution in [0.15, 0.2) is 11.2 Å². The van der Waals surface area contributed by atoms with Gasteiger partial charge in [-0.15, -0.1) is 11.3 Å². The number of nitrogens with zero attached hydrogens (tertiary/aromatic N) is 2. The summed E-state index contributed by atoms with van der Waals surface area (Å²) in [6.45, 7) is 7.92. The van der Waals surface area contributed by atoms with E-state index in [9.17, 15) is 4.79 Å². The maximum Gasteiger partial charge on any atom is 0.345 e. The lowest BCUT2D eigenvalue weighted by molar-refractivity contribution is 0.0702. The molecular formula is C14H16N2O2S2. The summed E-state index contributed by atoms with van der Waals surface area (Å²) in [5.74, 6) is -0.176. The molecule has 2 rings (SSSR count). The van der Waals surface area contributed by atoms with Crippen molar-refractivity contribution in [3.05, 3.63) is 38.3 Å². The van der Waals surface area contributed by atoms with E-state index >= 15 is 0 Å². The normalized spacial score (nSPS) is 10.8. The highest BCUT2D eigenvalue weighted by Gasteiger charge is 2.12. The average molecular weight is 308 g/mol. The number of hydrogen-bond acceptors (Lipinski definition) is 5. The van der Waals surface area contributed by atoms with Gasteiger partial charge in [0.1, 0.15) is 4.88 Å². The van der Waals surface area contributed by atoms with Crippen molar-refractivity contribution in [1.29, 1.82) is 0 Å². The van der Waals surface area contributed by atoms with Gasteiger partial charge >= 0.3 is 5.97 Å². The fourth-order valence-electron chi connectivity index (χ4n) is 1.72. The van der Waals surface area contributed by atoms with Gasteiger partial charge in [0.15, 0.2) is 5.16 Å². The van der Waals surface area contributed by atoms with E-state index in [4.69, 9.17) is 5.11 Å². The van der Waals surface area contributed by atoms with Gasteiger partial charge in [0, 0.05) is 22.0 Å². The molecule has 106 valence electrons. The molecule has 0 saturated carbocycles. The molecule has 0 unspecified atom stereocenters. The van der Waals surface area contributed by atoms with Crippen LogP contribution < -0.4 is 0 Å². The fourth-order valence-corrected chi connectivity index (χ4v) is 3.68. The van der Waals surface area contributed by atoms with Crippen LogP contribution in [0.25, 0.3) is 0 Å². The minimum absolute atomic E-state index is 0.385. The number of carbonyl (C=O) groups is 1. The van der Waals surface area contributed by atoms with Gasteiger partial charge < -0.3 is 5.11 Å². The van der Waals surface area contributed by atoms with Crippen LogP contribution in [0.3, 0.4) is 0 Å². The van der Waals surface area contributed by atoms with Crippen molar-refractivity contribution in [2.24, 2.45) is 0 Å². The number of carboxylic acids is 1.